The number of nitrogens with one attached hydrogen (secondary N) is 1. The van der Waals surface area contributed by atoms with E-state index in [-0.39, 0.29) is 12.5 Å². The van der Waals surface area contributed by atoms with E-state index >= 15 is 0 Å². The first-order chi connectivity index (χ1) is 12.3. The van der Waals surface area contributed by atoms with Crippen LogP contribution in [0.15, 0.2) is 91.0 Å². The average molecular weight is 332 g/mol. The maximum Gasteiger partial charge on any atom is 0.276 e. The Bertz CT molecular complexity index is 777. The molecule has 0 aromatic heterocycles. The molecule has 3 aromatic carbocycles. The van der Waals surface area contributed by atoms with Crippen LogP contribution in [0.5, 0.6) is 5.75 Å². The molecule has 0 aliphatic rings. The molecular formula is C21H20N2O2. The van der Waals surface area contributed by atoms with Gasteiger partial charge in [0.15, 0.2) is 6.61 Å². The number of hydrazine groups is 1. The quantitative estimate of drug-likeness (QED) is 0.669. The Morgan fingerprint density at radius 3 is 2.00 bits per heavy atom. The van der Waals surface area contributed by atoms with E-state index in [0.717, 1.165) is 11.3 Å². The van der Waals surface area contributed by atoms with Crippen molar-refractivity contribution in [3.05, 3.63) is 96.6 Å². The Labute approximate surface area is 147 Å². The first kappa shape index (κ1) is 16.6. The van der Waals surface area contributed by atoms with E-state index in [1.54, 1.807) is 0 Å². The van der Waals surface area contributed by atoms with E-state index in [9.17, 15) is 4.79 Å². The number of hydrogen-bond donors (Lipinski definition) is 1. The van der Waals surface area contributed by atoms with Crippen LogP contribution >= 0.6 is 0 Å². The lowest BCUT2D eigenvalue weighted by Crippen LogP contribution is -2.44. The van der Waals surface area contributed by atoms with Crippen molar-refractivity contribution < 1.29 is 9.53 Å². The SMILES string of the molecule is O=C(COc1ccccc1)NN(Cc1ccccc1)c1ccccc1. The number of ether oxygens (including phenoxy) is 1. The van der Waals surface area contributed by atoms with Crippen molar-refractivity contribution in [2.75, 3.05) is 11.6 Å². The fourth-order valence-corrected chi connectivity index (χ4v) is 2.42. The standard InChI is InChI=1S/C21H20N2O2/c24-21(17-25-20-14-8-3-9-15-20)22-23(19-12-6-2-7-13-19)16-18-10-4-1-5-11-18/h1-15H,16-17H2,(H,22,24). The summed E-state index contributed by atoms with van der Waals surface area (Å²) in [6, 6.07) is 29.1. The fraction of sp³-hybridized carbons (Fsp3) is 0.0952. The summed E-state index contributed by atoms with van der Waals surface area (Å²) in [7, 11) is 0. The van der Waals surface area contributed by atoms with Gasteiger partial charge in [-0.3, -0.25) is 15.2 Å². The average Bonchev–Trinajstić information content (AvgIpc) is 2.68. The predicted octanol–water partition coefficient (Wildman–Crippen LogP) is 3.80. The van der Waals surface area contributed by atoms with Gasteiger partial charge in [0.2, 0.25) is 0 Å². The summed E-state index contributed by atoms with van der Waals surface area (Å²) >= 11 is 0. The van der Waals surface area contributed by atoms with Crippen LogP contribution in [0.1, 0.15) is 5.56 Å². The Hall–Kier alpha value is -3.27. The van der Waals surface area contributed by atoms with Crippen LogP contribution in [-0.4, -0.2) is 12.5 Å². The summed E-state index contributed by atoms with van der Waals surface area (Å²) in [5, 5.41) is 1.83. The molecule has 0 unspecified atom stereocenters. The topological polar surface area (TPSA) is 41.6 Å². The summed E-state index contributed by atoms with van der Waals surface area (Å²) in [6.45, 7) is 0.532. The number of amides is 1. The Kier molecular flexibility index (Phi) is 5.67. The molecule has 0 aliphatic heterocycles. The maximum absolute atomic E-state index is 12.3. The zero-order valence-corrected chi connectivity index (χ0v) is 13.8. The highest BCUT2D eigenvalue weighted by Gasteiger charge is 2.11. The molecule has 0 fully saturated rings. The van der Waals surface area contributed by atoms with Gasteiger partial charge in [-0.2, -0.15) is 0 Å². The Balaban J connectivity index is 1.66. The zero-order valence-electron chi connectivity index (χ0n) is 13.8. The second-order valence-electron chi connectivity index (χ2n) is 5.54. The normalized spacial score (nSPS) is 10.1. The minimum absolute atomic E-state index is 0.0395. The summed E-state index contributed by atoms with van der Waals surface area (Å²) in [4.78, 5) is 12.3. The highest BCUT2D eigenvalue weighted by atomic mass is 16.5. The molecule has 1 N–H and O–H groups in total. The van der Waals surface area contributed by atoms with E-state index in [4.69, 9.17) is 4.74 Å². The molecule has 0 bridgehead atoms. The highest BCUT2D eigenvalue weighted by Crippen LogP contribution is 2.15. The number of para-hydroxylation sites is 2. The molecule has 3 rings (SSSR count). The van der Waals surface area contributed by atoms with Gasteiger partial charge in [0.05, 0.1) is 12.2 Å². The van der Waals surface area contributed by atoms with Crippen molar-refractivity contribution in [1.82, 2.24) is 5.43 Å². The van der Waals surface area contributed by atoms with Crippen LogP contribution in [0.4, 0.5) is 5.69 Å². The van der Waals surface area contributed by atoms with E-state index in [0.29, 0.717) is 12.3 Å². The summed E-state index contributed by atoms with van der Waals surface area (Å²) in [5.41, 5.74) is 4.94. The lowest BCUT2D eigenvalue weighted by atomic mass is 10.2. The van der Waals surface area contributed by atoms with Gasteiger partial charge in [-0.1, -0.05) is 66.7 Å². The van der Waals surface area contributed by atoms with Crippen molar-refractivity contribution in [3.63, 3.8) is 0 Å². The van der Waals surface area contributed by atoms with Gasteiger partial charge in [0.1, 0.15) is 5.75 Å². The largest absolute Gasteiger partial charge is 0.484 e. The lowest BCUT2D eigenvalue weighted by Gasteiger charge is -2.25. The maximum atomic E-state index is 12.3. The molecule has 0 saturated heterocycles. The lowest BCUT2D eigenvalue weighted by molar-refractivity contribution is -0.123. The number of hydrogen-bond acceptors (Lipinski definition) is 3. The van der Waals surface area contributed by atoms with Gasteiger partial charge in [0.25, 0.3) is 5.91 Å². The molecule has 4 heteroatoms. The third-order valence-electron chi connectivity index (χ3n) is 3.62. The van der Waals surface area contributed by atoms with Gasteiger partial charge < -0.3 is 4.74 Å². The molecule has 0 heterocycles. The highest BCUT2D eigenvalue weighted by molar-refractivity contribution is 5.79. The molecule has 25 heavy (non-hydrogen) atoms. The van der Waals surface area contributed by atoms with Gasteiger partial charge in [-0.15, -0.1) is 0 Å². The number of benzene rings is 3. The fourth-order valence-electron chi connectivity index (χ4n) is 2.42. The molecule has 0 saturated carbocycles. The van der Waals surface area contributed by atoms with Gasteiger partial charge in [-0.25, -0.2) is 0 Å². The minimum atomic E-state index is -0.205. The second kappa shape index (κ2) is 8.55. The summed E-state index contributed by atoms with van der Waals surface area (Å²) in [5.74, 6) is 0.468. The van der Waals surface area contributed by atoms with Crippen LogP contribution in [-0.2, 0) is 11.3 Å². The van der Waals surface area contributed by atoms with E-state index in [2.05, 4.69) is 5.43 Å². The van der Waals surface area contributed by atoms with Crippen molar-refractivity contribution in [1.29, 1.82) is 0 Å². The molecule has 0 spiro atoms. The molecule has 0 aliphatic carbocycles. The summed E-state index contributed by atoms with van der Waals surface area (Å²) in [6.07, 6.45) is 0. The number of rotatable bonds is 7. The zero-order chi connectivity index (χ0) is 17.3. The summed E-state index contributed by atoms with van der Waals surface area (Å²) < 4.78 is 5.52. The molecule has 4 nitrogen and oxygen atoms in total. The molecular weight excluding hydrogens is 312 g/mol. The van der Waals surface area contributed by atoms with Crippen molar-refractivity contribution >= 4 is 11.6 Å². The van der Waals surface area contributed by atoms with Gasteiger partial charge >= 0.3 is 0 Å². The molecule has 126 valence electrons. The number of nitrogens with zero attached hydrogens (tertiary/aromatic N) is 1. The molecule has 3 aromatic rings. The van der Waals surface area contributed by atoms with Crippen LogP contribution in [0.25, 0.3) is 0 Å². The van der Waals surface area contributed by atoms with E-state index in [1.165, 1.54) is 0 Å². The molecule has 1 amide bonds. The first-order valence-electron chi connectivity index (χ1n) is 8.15. The van der Waals surface area contributed by atoms with Crippen LogP contribution in [0.2, 0.25) is 0 Å². The third kappa shape index (κ3) is 5.11. The predicted molar refractivity (Wildman–Crippen MR) is 99.1 cm³/mol. The van der Waals surface area contributed by atoms with Crippen molar-refractivity contribution in [2.24, 2.45) is 0 Å². The Morgan fingerprint density at radius 2 is 1.36 bits per heavy atom. The van der Waals surface area contributed by atoms with E-state index in [1.807, 2.05) is 96.0 Å². The minimum Gasteiger partial charge on any atom is -0.484 e. The van der Waals surface area contributed by atoms with Crippen LogP contribution in [0, 0.1) is 0 Å². The third-order valence-corrected chi connectivity index (χ3v) is 3.62. The molecule has 0 atom stereocenters. The van der Waals surface area contributed by atoms with Crippen LogP contribution in [0.3, 0.4) is 0 Å². The Morgan fingerprint density at radius 1 is 0.800 bits per heavy atom. The number of carbonyl (C=O) groups is 1. The first-order valence-corrected chi connectivity index (χ1v) is 8.15. The molecule has 0 radical (unpaired) electrons. The van der Waals surface area contributed by atoms with Gasteiger partial charge in [0, 0.05) is 0 Å². The van der Waals surface area contributed by atoms with E-state index < -0.39 is 0 Å². The number of anilines is 1. The smallest absolute Gasteiger partial charge is 0.276 e. The van der Waals surface area contributed by atoms with Gasteiger partial charge in [-0.05, 0) is 29.8 Å². The monoisotopic (exact) mass is 332 g/mol. The van der Waals surface area contributed by atoms with Crippen LogP contribution < -0.4 is 15.2 Å². The van der Waals surface area contributed by atoms with Crippen molar-refractivity contribution in [3.8, 4) is 5.75 Å². The van der Waals surface area contributed by atoms with Crippen molar-refractivity contribution in [2.45, 2.75) is 6.54 Å². The second-order valence-corrected chi connectivity index (χ2v) is 5.54. The number of carbonyl (C=O) groups excluding carboxylic acids is 1.